The first kappa shape index (κ1) is 21.6. The summed E-state index contributed by atoms with van der Waals surface area (Å²) in [4.78, 5) is 21.7. The van der Waals surface area contributed by atoms with E-state index in [0.29, 0.717) is 31.5 Å². The third-order valence-corrected chi connectivity index (χ3v) is 5.00. The molecule has 0 aromatic heterocycles. The summed E-state index contributed by atoms with van der Waals surface area (Å²) in [6.07, 6.45) is -1.39. The van der Waals surface area contributed by atoms with E-state index in [0.717, 1.165) is 50.7 Å². The first-order chi connectivity index (χ1) is 13.9. The first-order valence-corrected chi connectivity index (χ1v) is 9.72. The highest BCUT2D eigenvalue weighted by Crippen LogP contribution is 2.29. The van der Waals surface area contributed by atoms with E-state index in [9.17, 15) is 18.0 Å². The van der Waals surface area contributed by atoms with E-state index >= 15 is 0 Å². The normalized spacial score (nSPS) is 18.4. The van der Waals surface area contributed by atoms with Crippen LogP contribution >= 0.6 is 0 Å². The number of rotatable bonds is 7. The molecule has 0 unspecified atom stereocenters. The molecule has 0 aliphatic carbocycles. The molecule has 2 aliphatic rings. The van der Waals surface area contributed by atoms with E-state index < -0.39 is 11.7 Å². The molecule has 1 saturated heterocycles. The van der Waals surface area contributed by atoms with Gasteiger partial charge in [0, 0.05) is 51.3 Å². The Bertz CT molecular complexity index is 718. The van der Waals surface area contributed by atoms with E-state index in [1.165, 1.54) is 6.07 Å². The Hall–Kier alpha value is -2.10. The quantitative estimate of drug-likeness (QED) is 0.697. The smallest absolute Gasteiger partial charge is 0.379 e. The summed E-state index contributed by atoms with van der Waals surface area (Å²) in [5.41, 5.74) is 3.36. The van der Waals surface area contributed by atoms with Crippen molar-refractivity contribution in [3.8, 4) is 0 Å². The Morgan fingerprint density at radius 2 is 2.00 bits per heavy atom. The molecule has 6 nitrogen and oxygen atoms in total. The van der Waals surface area contributed by atoms with Crippen molar-refractivity contribution in [3.63, 3.8) is 0 Å². The summed E-state index contributed by atoms with van der Waals surface area (Å²) < 4.78 is 43.5. The summed E-state index contributed by atoms with van der Waals surface area (Å²) >= 11 is 0. The molecule has 2 aliphatic heterocycles. The maximum Gasteiger partial charge on any atom is 0.416 e. The highest BCUT2D eigenvalue weighted by molar-refractivity contribution is 5.76. The number of benzene rings is 1. The molecule has 160 valence electrons. The SMILES string of the molecule is O=C(CCN1CCOCC1)N1CC=C(NOCc2cccc(C(F)(F)F)c2)CC1. The molecule has 29 heavy (non-hydrogen) atoms. The minimum absolute atomic E-state index is 0.0173. The molecule has 0 saturated carbocycles. The van der Waals surface area contributed by atoms with Gasteiger partial charge in [-0.1, -0.05) is 12.1 Å². The predicted molar refractivity (Wildman–Crippen MR) is 101 cm³/mol. The molecule has 0 radical (unpaired) electrons. The lowest BCUT2D eigenvalue weighted by molar-refractivity contribution is -0.137. The first-order valence-electron chi connectivity index (χ1n) is 9.72. The van der Waals surface area contributed by atoms with Gasteiger partial charge < -0.3 is 9.64 Å². The fraction of sp³-hybridized carbons (Fsp3) is 0.550. The zero-order valence-electron chi connectivity index (χ0n) is 16.2. The van der Waals surface area contributed by atoms with Gasteiger partial charge in [-0.05, 0) is 23.8 Å². The second-order valence-electron chi connectivity index (χ2n) is 7.11. The summed E-state index contributed by atoms with van der Waals surface area (Å²) in [5.74, 6) is 0.122. The van der Waals surface area contributed by atoms with Gasteiger partial charge in [-0.25, -0.2) is 0 Å². The molecular weight excluding hydrogens is 387 g/mol. The fourth-order valence-corrected chi connectivity index (χ4v) is 3.27. The van der Waals surface area contributed by atoms with Crippen LogP contribution in [0, 0.1) is 0 Å². The fourth-order valence-electron chi connectivity index (χ4n) is 3.27. The maximum atomic E-state index is 12.7. The molecule has 9 heteroatoms. The lowest BCUT2D eigenvalue weighted by atomic mass is 10.1. The molecule has 3 rings (SSSR count). The Kier molecular flexibility index (Phi) is 7.51. The number of hydrogen-bond acceptors (Lipinski definition) is 5. The summed E-state index contributed by atoms with van der Waals surface area (Å²) in [6, 6.07) is 5.06. The van der Waals surface area contributed by atoms with Crippen molar-refractivity contribution in [1.29, 1.82) is 0 Å². The molecule has 1 fully saturated rings. The number of ether oxygens (including phenoxy) is 1. The third kappa shape index (κ3) is 6.73. The van der Waals surface area contributed by atoms with Gasteiger partial charge in [0.2, 0.25) is 5.91 Å². The number of carbonyl (C=O) groups excluding carboxylic acids is 1. The van der Waals surface area contributed by atoms with Crippen LogP contribution in [0.4, 0.5) is 13.2 Å². The van der Waals surface area contributed by atoms with Crippen LogP contribution in [0.25, 0.3) is 0 Å². The minimum atomic E-state index is -4.37. The van der Waals surface area contributed by atoms with Gasteiger partial charge in [-0.2, -0.15) is 13.2 Å². The number of amides is 1. The lowest BCUT2D eigenvalue weighted by Crippen LogP contribution is -2.41. The topological polar surface area (TPSA) is 54.0 Å². The maximum absolute atomic E-state index is 12.7. The van der Waals surface area contributed by atoms with Crippen molar-refractivity contribution in [2.75, 3.05) is 45.9 Å². The number of hydrogen-bond donors (Lipinski definition) is 1. The lowest BCUT2D eigenvalue weighted by Gasteiger charge is -2.29. The number of carbonyl (C=O) groups is 1. The van der Waals surface area contributed by atoms with Crippen LogP contribution in [0.3, 0.4) is 0 Å². The molecule has 0 atom stereocenters. The van der Waals surface area contributed by atoms with E-state index in [2.05, 4.69) is 10.4 Å². The number of nitrogens with zero attached hydrogens (tertiary/aromatic N) is 2. The molecule has 2 heterocycles. The Labute approximate surface area is 168 Å². The number of nitrogens with one attached hydrogen (secondary N) is 1. The molecular formula is C20H26F3N3O3. The highest BCUT2D eigenvalue weighted by atomic mass is 19.4. The number of hydroxylamine groups is 1. The van der Waals surface area contributed by atoms with Gasteiger partial charge >= 0.3 is 6.18 Å². The summed E-state index contributed by atoms with van der Waals surface area (Å²) in [7, 11) is 0. The average molecular weight is 413 g/mol. The average Bonchev–Trinajstić information content (AvgIpc) is 2.73. The standard InChI is InChI=1S/C20H26F3N3O3/c21-20(22,23)17-3-1-2-16(14-17)15-29-24-18-4-8-26(9-5-18)19(27)6-7-25-10-12-28-13-11-25/h1-4,14,24H,5-13,15H2. The third-order valence-electron chi connectivity index (χ3n) is 5.00. The number of alkyl halides is 3. The van der Waals surface area contributed by atoms with Crippen LogP contribution < -0.4 is 5.48 Å². The summed E-state index contributed by atoms with van der Waals surface area (Å²) in [5, 5.41) is 0. The van der Waals surface area contributed by atoms with Crippen LogP contribution in [0.5, 0.6) is 0 Å². The Morgan fingerprint density at radius 3 is 2.69 bits per heavy atom. The van der Waals surface area contributed by atoms with E-state index in [-0.39, 0.29) is 12.5 Å². The number of halogens is 3. The molecule has 1 amide bonds. The van der Waals surface area contributed by atoms with Gasteiger partial charge in [0.15, 0.2) is 0 Å². The summed E-state index contributed by atoms with van der Waals surface area (Å²) in [6.45, 7) is 5.02. The van der Waals surface area contributed by atoms with Gasteiger partial charge in [-0.15, -0.1) is 0 Å². The predicted octanol–water partition coefficient (Wildman–Crippen LogP) is 2.57. The molecule has 1 aromatic carbocycles. The van der Waals surface area contributed by atoms with Crippen molar-refractivity contribution < 1.29 is 27.5 Å². The van der Waals surface area contributed by atoms with E-state index in [1.807, 2.05) is 6.08 Å². The monoisotopic (exact) mass is 413 g/mol. The van der Waals surface area contributed by atoms with Gasteiger partial charge in [0.25, 0.3) is 0 Å². The van der Waals surface area contributed by atoms with Crippen LogP contribution in [0.2, 0.25) is 0 Å². The van der Waals surface area contributed by atoms with Crippen LogP contribution in [-0.4, -0.2) is 61.6 Å². The second kappa shape index (κ2) is 10.1. The van der Waals surface area contributed by atoms with Crippen LogP contribution in [0.15, 0.2) is 36.0 Å². The van der Waals surface area contributed by atoms with E-state index in [4.69, 9.17) is 9.57 Å². The number of morpholine rings is 1. The zero-order chi connectivity index (χ0) is 20.7. The van der Waals surface area contributed by atoms with Crippen LogP contribution in [-0.2, 0) is 27.2 Å². The van der Waals surface area contributed by atoms with Crippen molar-refractivity contribution >= 4 is 5.91 Å². The zero-order valence-corrected chi connectivity index (χ0v) is 16.2. The van der Waals surface area contributed by atoms with Gasteiger partial charge in [0.1, 0.15) is 0 Å². The Morgan fingerprint density at radius 1 is 1.21 bits per heavy atom. The molecule has 0 spiro atoms. The Balaban J connectivity index is 1.38. The van der Waals surface area contributed by atoms with Gasteiger partial charge in [0.05, 0.1) is 25.4 Å². The van der Waals surface area contributed by atoms with Crippen molar-refractivity contribution in [3.05, 3.63) is 47.2 Å². The molecule has 0 bridgehead atoms. The van der Waals surface area contributed by atoms with Crippen molar-refractivity contribution in [2.45, 2.75) is 25.6 Å². The second-order valence-corrected chi connectivity index (χ2v) is 7.11. The van der Waals surface area contributed by atoms with Crippen molar-refractivity contribution in [1.82, 2.24) is 15.3 Å². The largest absolute Gasteiger partial charge is 0.416 e. The van der Waals surface area contributed by atoms with Gasteiger partial charge in [-0.3, -0.25) is 20.0 Å². The van der Waals surface area contributed by atoms with E-state index in [1.54, 1.807) is 11.0 Å². The highest BCUT2D eigenvalue weighted by Gasteiger charge is 2.30. The van der Waals surface area contributed by atoms with Crippen LogP contribution in [0.1, 0.15) is 24.0 Å². The molecule has 1 aromatic rings. The minimum Gasteiger partial charge on any atom is -0.379 e. The molecule has 1 N–H and O–H groups in total. The van der Waals surface area contributed by atoms with Crippen molar-refractivity contribution in [2.24, 2.45) is 0 Å².